The molecule has 186 valence electrons. The quantitative estimate of drug-likeness (QED) is 0.437. The number of anilines is 1. The van der Waals surface area contributed by atoms with Crippen molar-refractivity contribution in [3.05, 3.63) is 83.4 Å². The maximum atomic E-state index is 13.6. The van der Waals surface area contributed by atoms with Crippen LogP contribution in [0.2, 0.25) is 0 Å². The van der Waals surface area contributed by atoms with Crippen LogP contribution in [0.25, 0.3) is 0 Å². The molecule has 35 heavy (non-hydrogen) atoms. The van der Waals surface area contributed by atoms with E-state index in [4.69, 9.17) is 9.47 Å². The Bertz CT molecular complexity index is 1260. The maximum absolute atomic E-state index is 13.6. The predicted molar refractivity (Wildman–Crippen MR) is 138 cm³/mol. The van der Waals surface area contributed by atoms with Crippen molar-refractivity contribution < 1.29 is 22.7 Å². The molecule has 3 rings (SSSR count). The fraction of sp³-hybridized carbons (Fsp3) is 0.296. The fourth-order valence-corrected chi connectivity index (χ4v) is 5.23. The smallest absolute Gasteiger partial charge is 0.264 e. The van der Waals surface area contributed by atoms with Gasteiger partial charge in [0.15, 0.2) is 0 Å². The highest BCUT2D eigenvalue weighted by molar-refractivity contribution is 7.92. The van der Waals surface area contributed by atoms with Crippen LogP contribution in [0.4, 0.5) is 5.69 Å². The number of nitrogens with zero attached hydrogens (tertiary/aromatic N) is 1. The van der Waals surface area contributed by atoms with Crippen LogP contribution in [0.3, 0.4) is 0 Å². The molecular weight excluding hydrogens is 464 g/mol. The lowest BCUT2D eigenvalue weighted by molar-refractivity contribution is -0.120. The summed E-state index contributed by atoms with van der Waals surface area (Å²) in [5.74, 6) is 0.952. The highest BCUT2D eigenvalue weighted by Crippen LogP contribution is 2.27. The fourth-order valence-electron chi connectivity index (χ4n) is 3.81. The van der Waals surface area contributed by atoms with Gasteiger partial charge in [-0.1, -0.05) is 36.8 Å². The molecule has 7 nitrogen and oxygen atoms in total. The molecule has 0 saturated carbocycles. The first-order valence-corrected chi connectivity index (χ1v) is 12.8. The van der Waals surface area contributed by atoms with Crippen LogP contribution in [-0.2, 0) is 14.8 Å². The van der Waals surface area contributed by atoms with Crippen LogP contribution in [-0.4, -0.2) is 35.1 Å². The van der Waals surface area contributed by atoms with E-state index in [0.29, 0.717) is 17.9 Å². The number of ether oxygens (including phenoxy) is 2. The van der Waals surface area contributed by atoms with Gasteiger partial charge in [-0.15, -0.1) is 0 Å². The topological polar surface area (TPSA) is 84.9 Å². The van der Waals surface area contributed by atoms with Gasteiger partial charge in [0.1, 0.15) is 18.0 Å². The third kappa shape index (κ3) is 6.14. The normalized spacial score (nSPS) is 12.0. The second-order valence-corrected chi connectivity index (χ2v) is 10.1. The van der Waals surface area contributed by atoms with Crippen molar-refractivity contribution in [2.45, 2.75) is 38.1 Å². The van der Waals surface area contributed by atoms with Crippen LogP contribution < -0.4 is 19.1 Å². The summed E-state index contributed by atoms with van der Waals surface area (Å²) < 4.78 is 38.8. The van der Waals surface area contributed by atoms with Gasteiger partial charge in [-0.2, -0.15) is 0 Å². The number of methoxy groups -OCH3 is 2. The Morgan fingerprint density at radius 1 is 0.943 bits per heavy atom. The Kier molecular flexibility index (Phi) is 8.40. The summed E-state index contributed by atoms with van der Waals surface area (Å²) in [6, 6.07) is 18.6. The number of hydrogen-bond donors (Lipinski definition) is 1. The molecule has 0 spiro atoms. The zero-order valence-corrected chi connectivity index (χ0v) is 21.6. The lowest BCUT2D eigenvalue weighted by atomic mass is 10.0. The number of hydrogen-bond acceptors (Lipinski definition) is 5. The first-order valence-electron chi connectivity index (χ1n) is 11.4. The number of amides is 1. The van der Waals surface area contributed by atoms with E-state index in [-0.39, 0.29) is 17.5 Å². The minimum Gasteiger partial charge on any atom is -0.497 e. The average molecular weight is 497 g/mol. The van der Waals surface area contributed by atoms with Crippen molar-refractivity contribution >= 4 is 21.6 Å². The van der Waals surface area contributed by atoms with Gasteiger partial charge in [0.2, 0.25) is 5.91 Å². The molecule has 0 unspecified atom stereocenters. The molecule has 0 bridgehead atoms. The van der Waals surface area contributed by atoms with Gasteiger partial charge in [-0.05, 0) is 73.9 Å². The Morgan fingerprint density at radius 3 is 2.14 bits per heavy atom. The van der Waals surface area contributed by atoms with E-state index in [9.17, 15) is 13.2 Å². The Labute approximate surface area is 207 Å². The van der Waals surface area contributed by atoms with Gasteiger partial charge >= 0.3 is 0 Å². The van der Waals surface area contributed by atoms with Gasteiger partial charge in [0.25, 0.3) is 10.0 Å². The highest BCUT2D eigenvalue weighted by Gasteiger charge is 2.28. The van der Waals surface area contributed by atoms with Gasteiger partial charge in [-0.25, -0.2) is 8.42 Å². The second kappa shape index (κ2) is 11.3. The van der Waals surface area contributed by atoms with Crippen molar-refractivity contribution in [1.29, 1.82) is 0 Å². The molecule has 0 aromatic heterocycles. The number of rotatable bonds is 10. The maximum Gasteiger partial charge on any atom is 0.264 e. The monoisotopic (exact) mass is 496 g/mol. The highest BCUT2D eigenvalue weighted by atomic mass is 32.2. The molecule has 3 aromatic carbocycles. The molecule has 0 aliphatic heterocycles. The summed E-state index contributed by atoms with van der Waals surface area (Å²) in [5, 5.41) is 2.99. The number of benzene rings is 3. The molecule has 1 atom stereocenters. The minimum atomic E-state index is -3.99. The third-order valence-electron chi connectivity index (χ3n) is 5.82. The van der Waals surface area contributed by atoms with E-state index >= 15 is 0 Å². The van der Waals surface area contributed by atoms with E-state index in [0.717, 1.165) is 26.7 Å². The van der Waals surface area contributed by atoms with Crippen molar-refractivity contribution in [1.82, 2.24) is 5.32 Å². The van der Waals surface area contributed by atoms with Gasteiger partial charge in [0.05, 0.1) is 30.8 Å². The SMILES string of the molecule is CC[C@H](NC(=O)CN(c1ccc(OC)cc1)S(=O)(=O)c1ccc(C)cc1)c1ccc(OC)c(C)c1. The molecule has 1 amide bonds. The number of sulfonamides is 1. The summed E-state index contributed by atoms with van der Waals surface area (Å²) in [4.78, 5) is 13.3. The molecule has 0 aliphatic carbocycles. The molecule has 0 heterocycles. The third-order valence-corrected chi connectivity index (χ3v) is 7.61. The summed E-state index contributed by atoms with van der Waals surface area (Å²) in [7, 11) is -0.842. The van der Waals surface area contributed by atoms with Crippen LogP contribution in [0, 0.1) is 13.8 Å². The molecule has 3 aromatic rings. The van der Waals surface area contributed by atoms with Gasteiger partial charge in [0, 0.05) is 0 Å². The van der Waals surface area contributed by atoms with Crippen molar-refractivity contribution in [2.75, 3.05) is 25.1 Å². The van der Waals surface area contributed by atoms with Crippen LogP contribution >= 0.6 is 0 Å². The van der Waals surface area contributed by atoms with E-state index in [1.165, 1.54) is 7.11 Å². The van der Waals surface area contributed by atoms with E-state index in [1.54, 1.807) is 55.6 Å². The van der Waals surface area contributed by atoms with E-state index in [1.807, 2.05) is 39.0 Å². The predicted octanol–water partition coefficient (Wildman–Crippen LogP) is 4.78. The largest absolute Gasteiger partial charge is 0.497 e. The number of nitrogens with one attached hydrogen (secondary N) is 1. The Hall–Kier alpha value is -3.52. The summed E-state index contributed by atoms with van der Waals surface area (Å²) in [5.41, 5.74) is 3.20. The number of carbonyl (C=O) groups is 1. The first kappa shape index (κ1) is 26.1. The molecule has 0 aliphatic rings. The van der Waals surface area contributed by atoms with Crippen molar-refractivity contribution in [3.63, 3.8) is 0 Å². The molecule has 8 heteroatoms. The molecular formula is C27H32N2O5S. The Balaban J connectivity index is 1.90. The summed E-state index contributed by atoms with van der Waals surface area (Å²) in [6.07, 6.45) is 0.644. The zero-order valence-electron chi connectivity index (χ0n) is 20.7. The second-order valence-electron chi connectivity index (χ2n) is 8.28. The summed E-state index contributed by atoms with van der Waals surface area (Å²) >= 11 is 0. The van der Waals surface area contributed by atoms with E-state index in [2.05, 4.69) is 5.32 Å². The van der Waals surface area contributed by atoms with Crippen molar-refractivity contribution in [3.8, 4) is 11.5 Å². The average Bonchev–Trinajstić information content (AvgIpc) is 2.86. The van der Waals surface area contributed by atoms with Crippen LogP contribution in [0.1, 0.15) is 36.1 Å². The lowest BCUT2D eigenvalue weighted by Crippen LogP contribution is -2.42. The first-order chi connectivity index (χ1) is 16.7. The molecule has 0 saturated heterocycles. The summed E-state index contributed by atoms with van der Waals surface area (Å²) in [6.45, 7) is 5.43. The Morgan fingerprint density at radius 2 is 1.60 bits per heavy atom. The standard InChI is InChI=1S/C27H32N2O5S/c1-6-25(21-9-16-26(34-5)20(3)17-21)28-27(30)18-29(22-10-12-23(33-4)13-11-22)35(31,32)24-14-7-19(2)8-15-24/h7-17,25H,6,18H2,1-5H3,(H,28,30)/t25-/m0/s1. The van der Waals surface area contributed by atoms with Crippen LogP contribution in [0.5, 0.6) is 11.5 Å². The number of aryl methyl sites for hydroxylation is 2. The minimum absolute atomic E-state index is 0.115. The lowest BCUT2D eigenvalue weighted by Gasteiger charge is -2.26. The molecule has 0 radical (unpaired) electrons. The number of carbonyl (C=O) groups excluding carboxylic acids is 1. The van der Waals surface area contributed by atoms with Crippen LogP contribution in [0.15, 0.2) is 71.6 Å². The molecule has 0 fully saturated rings. The van der Waals surface area contributed by atoms with Gasteiger partial charge < -0.3 is 14.8 Å². The van der Waals surface area contributed by atoms with E-state index < -0.39 is 15.9 Å². The molecule has 1 N–H and O–H groups in total. The van der Waals surface area contributed by atoms with Gasteiger partial charge in [-0.3, -0.25) is 9.10 Å². The van der Waals surface area contributed by atoms with Crippen molar-refractivity contribution in [2.24, 2.45) is 0 Å². The zero-order chi connectivity index (χ0) is 25.6.